The molecule has 18 heavy (non-hydrogen) atoms. The van der Waals surface area contributed by atoms with Gasteiger partial charge in [0.15, 0.2) is 0 Å². The highest BCUT2D eigenvalue weighted by Crippen LogP contribution is 2.10. The molecule has 0 aromatic rings. The number of sulfonamides is 1. The van der Waals surface area contributed by atoms with E-state index in [1.165, 1.54) is 0 Å². The summed E-state index contributed by atoms with van der Waals surface area (Å²) in [5.41, 5.74) is 5.48. The van der Waals surface area contributed by atoms with Gasteiger partial charge < -0.3 is 10.6 Å². The normalized spacial score (nSPS) is 19.9. The average molecular weight is 277 g/mol. The molecule has 1 rings (SSSR count). The number of hydrogen-bond acceptors (Lipinski definition) is 4. The zero-order valence-electron chi connectivity index (χ0n) is 11.5. The molecule has 0 atom stereocenters. The van der Waals surface area contributed by atoms with Crippen LogP contribution in [0.3, 0.4) is 0 Å². The Balaban J connectivity index is 2.41. The first kappa shape index (κ1) is 15.9. The first-order valence-corrected chi connectivity index (χ1v) is 8.61. The largest absolute Gasteiger partial charge is 0.330 e. The van der Waals surface area contributed by atoms with E-state index >= 15 is 0 Å². The first-order valence-electron chi connectivity index (χ1n) is 7.00. The van der Waals surface area contributed by atoms with Gasteiger partial charge in [0.2, 0.25) is 10.0 Å². The zero-order chi connectivity index (χ0) is 13.4. The Morgan fingerprint density at radius 1 is 1.11 bits per heavy atom. The Hall–Kier alpha value is -0.170. The molecule has 108 valence electrons. The van der Waals surface area contributed by atoms with Crippen molar-refractivity contribution in [3.8, 4) is 0 Å². The Labute approximate surface area is 111 Å². The summed E-state index contributed by atoms with van der Waals surface area (Å²) in [4.78, 5) is 2.36. The summed E-state index contributed by atoms with van der Waals surface area (Å²) in [6, 6.07) is 0. The van der Waals surface area contributed by atoms with Crippen LogP contribution in [0.25, 0.3) is 0 Å². The van der Waals surface area contributed by atoms with Gasteiger partial charge in [0, 0.05) is 19.6 Å². The van der Waals surface area contributed by atoms with Gasteiger partial charge in [0.1, 0.15) is 0 Å². The molecule has 1 saturated heterocycles. The molecule has 5 nitrogen and oxygen atoms in total. The molecular weight excluding hydrogens is 250 g/mol. The number of nitrogens with zero attached hydrogens (tertiary/aromatic N) is 2. The van der Waals surface area contributed by atoms with E-state index in [1.807, 2.05) is 6.92 Å². The third-order valence-electron chi connectivity index (χ3n) is 3.33. The van der Waals surface area contributed by atoms with E-state index in [0.29, 0.717) is 19.5 Å². The van der Waals surface area contributed by atoms with Crippen LogP contribution in [0.2, 0.25) is 0 Å². The number of rotatable bonds is 7. The fraction of sp³-hybridized carbons (Fsp3) is 1.00. The highest BCUT2D eigenvalue weighted by molar-refractivity contribution is 7.89. The van der Waals surface area contributed by atoms with Crippen molar-refractivity contribution in [3.05, 3.63) is 0 Å². The van der Waals surface area contributed by atoms with Crippen molar-refractivity contribution in [3.63, 3.8) is 0 Å². The molecule has 0 unspecified atom stereocenters. The third kappa shape index (κ3) is 5.22. The van der Waals surface area contributed by atoms with Gasteiger partial charge in [-0.2, -0.15) is 0 Å². The van der Waals surface area contributed by atoms with Crippen LogP contribution >= 0.6 is 0 Å². The molecular formula is C12H27N3O2S. The van der Waals surface area contributed by atoms with Crippen LogP contribution in [0.5, 0.6) is 0 Å². The van der Waals surface area contributed by atoms with Crippen molar-refractivity contribution in [2.75, 3.05) is 45.0 Å². The second kappa shape index (κ2) is 8.09. The minimum absolute atomic E-state index is 0.278. The maximum Gasteiger partial charge on any atom is 0.214 e. The minimum atomic E-state index is -3.02. The average Bonchev–Trinajstić information content (AvgIpc) is 2.55. The van der Waals surface area contributed by atoms with Crippen molar-refractivity contribution in [1.82, 2.24) is 9.21 Å². The summed E-state index contributed by atoms with van der Waals surface area (Å²) in [7, 11) is -3.02. The van der Waals surface area contributed by atoms with Crippen LogP contribution in [-0.2, 0) is 10.0 Å². The van der Waals surface area contributed by atoms with Gasteiger partial charge in [-0.3, -0.25) is 0 Å². The van der Waals surface area contributed by atoms with E-state index in [2.05, 4.69) is 4.90 Å². The van der Waals surface area contributed by atoms with Gasteiger partial charge in [-0.25, -0.2) is 12.7 Å². The summed E-state index contributed by atoms with van der Waals surface area (Å²) >= 11 is 0. The predicted octanol–water partition coefficient (Wildman–Crippen LogP) is 0.473. The van der Waals surface area contributed by atoms with Gasteiger partial charge in [0.25, 0.3) is 0 Å². The Bertz CT molecular complexity index is 319. The van der Waals surface area contributed by atoms with Crippen molar-refractivity contribution in [2.45, 2.75) is 32.6 Å². The minimum Gasteiger partial charge on any atom is -0.330 e. The lowest BCUT2D eigenvalue weighted by atomic mass is 10.3. The zero-order valence-corrected chi connectivity index (χ0v) is 12.3. The lowest BCUT2D eigenvalue weighted by Crippen LogP contribution is -2.36. The molecule has 0 spiro atoms. The molecule has 0 aliphatic carbocycles. The maximum absolute atomic E-state index is 12.0. The molecule has 0 amide bonds. The Kier molecular flexibility index (Phi) is 7.14. The molecule has 1 aliphatic heterocycles. The molecule has 2 N–H and O–H groups in total. The SMILES string of the molecule is CCCS(=O)(=O)N1CCCN(CCCCN)CC1. The fourth-order valence-electron chi connectivity index (χ4n) is 2.32. The van der Waals surface area contributed by atoms with Crippen molar-refractivity contribution in [1.29, 1.82) is 0 Å². The number of unbranched alkanes of at least 4 members (excludes halogenated alkanes) is 1. The third-order valence-corrected chi connectivity index (χ3v) is 5.41. The molecule has 6 heteroatoms. The van der Waals surface area contributed by atoms with Crippen LogP contribution < -0.4 is 5.73 Å². The van der Waals surface area contributed by atoms with Crippen LogP contribution in [0.1, 0.15) is 32.6 Å². The summed E-state index contributed by atoms with van der Waals surface area (Å²) in [6.45, 7) is 6.87. The van der Waals surface area contributed by atoms with E-state index in [0.717, 1.165) is 45.4 Å². The van der Waals surface area contributed by atoms with Crippen LogP contribution in [0, 0.1) is 0 Å². The second-order valence-corrected chi connectivity index (χ2v) is 6.99. The molecule has 1 aliphatic rings. The first-order chi connectivity index (χ1) is 8.60. The van der Waals surface area contributed by atoms with Crippen LogP contribution in [0.4, 0.5) is 0 Å². The van der Waals surface area contributed by atoms with E-state index in [4.69, 9.17) is 5.73 Å². The highest BCUT2D eigenvalue weighted by Gasteiger charge is 2.23. The van der Waals surface area contributed by atoms with Gasteiger partial charge in [0.05, 0.1) is 5.75 Å². The van der Waals surface area contributed by atoms with Gasteiger partial charge >= 0.3 is 0 Å². The van der Waals surface area contributed by atoms with Crippen LogP contribution in [-0.4, -0.2) is 62.6 Å². The Morgan fingerprint density at radius 2 is 1.89 bits per heavy atom. The van der Waals surface area contributed by atoms with Crippen molar-refractivity contribution < 1.29 is 8.42 Å². The topological polar surface area (TPSA) is 66.6 Å². The quantitative estimate of drug-likeness (QED) is 0.687. The van der Waals surface area contributed by atoms with E-state index in [1.54, 1.807) is 4.31 Å². The lowest BCUT2D eigenvalue weighted by Gasteiger charge is -2.21. The standard InChI is InChI=1S/C12H27N3O2S/c1-2-12-18(16,17)15-9-5-8-14(10-11-15)7-4-3-6-13/h2-13H2,1H3. The summed E-state index contributed by atoms with van der Waals surface area (Å²) in [5, 5.41) is 0. The second-order valence-electron chi connectivity index (χ2n) is 4.91. The summed E-state index contributed by atoms with van der Waals surface area (Å²) < 4.78 is 25.7. The molecule has 0 aromatic carbocycles. The van der Waals surface area contributed by atoms with Gasteiger partial charge in [-0.15, -0.1) is 0 Å². The van der Waals surface area contributed by atoms with E-state index in [9.17, 15) is 8.42 Å². The monoisotopic (exact) mass is 277 g/mol. The summed E-state index contributed by atoms with van der Waals surface area (Å²) in [6.07, 6.45) is 3.79. The van der Waals surface area contributed by atoms with E-state index < -0.39 is 10.0 Å². The Morgan fingerprint density at radius 3 is 2.56 bits per heavy atom. The van der Waals surface area contributed by atoms with Crippen molar-refractivity contribution in [2.24, 2.45) is 5.73 Å². The summed E-state index contributed by atoms with van der Waals surface area (Å²) in [5.74, 6) is 0.278. The lowest BCUT2D eigenvalue weighted by molar-refractivity contribution is 0.281. The molecule has 1 heterocycles. The fourth-order valence-corrected chi connectivity index (χ4v) is 3.86. The molecule has 0 aromatic heterocycles. The van der Waals surface area contributed by atoms with Crippen LogP contribution in [0.15, 0.2) is 0 Å². The number of hydrogen-bond donors (Lipinski definition) is 1. The van der Waals surface area contributed by atoms with Crippen molar-refractivity contribution >= 4 is 10.0 Å². The maximum atomic E-state index is 12.0. The smallest absolute Gasteiger partial charge is 0.214 e. The molecule has 1 fully saturated rings. The predicted molar refractivity (Wildman–Crippen MR) is 75.0 cm³/mol. The molecule has 0 bridgehead atoms. The van der Waals surface area contributed by atoms with Gasteiger partial charge in [-0.05, 0) is 45.3 Å². The number of nitrogens with two attached hydrogens (primary N) is 1. The highest BCUT2D eigenvalue weighted by atomic mass is 32.2. The van der Waals surface area contributed by atoms with Gasteiger partial charge in [-0.1, -0.05) is 6.92 Å². The molecule has 0 saturated carbocycles. The van der Waals surface area contributed by atoms with E-state index in [-0.39, 0.29) is 5.75 Å². The molecule has 0 radical (unpaired) electrons.